The number of nitrogens with two attached hydrogens (primary N) is 1. The average Bonchev–Trinajstić information content (AvgIpc) is 3.13. The molecule has 0 fully saturated rings. The number of fused-ring (bicyclic) bond motifs is 2. The van der Waals surface area contributed by atoms with Crippen molar-refractivity contribution < 1.29 is 9.47 Å². The fraction of sp³-hybridized carbons (Fsp3) is 0.286. The Morgan fingerprint density at radius 1 is 1.29 bits per heavy atom. The van der Waals surface area contributed by atoms with Gasteiger partial charge in [-0.2, -0.15) is 5.10 Å². The molecule has 0 radical (unpaired) electrons. The van der Waals surface area contributed by atoms with Gasteiger partial charge in [0.05, 0.1) is 11.4 Å². The van der Waals surface area contributed by atoms with E-state index in [1.54, 1.807) is 0 Å². The summed E-state index contributed by atoms with van der Waals surface area (Å²) in [6.07, 6.45) is 0.814. The highest BCUT2D eigenvalue weighted by molar-refractivity contribution is 5.80. The van der Waals surface area contributed by atoms with Crippen LogP contribution in [0.2, 0.25) is 0 Å². The number of aromatic nitrogens is 4. The quantitative estimate of drug-likeness (QED) is 0.774. The molecule has 7 nitrogen and oxygen atoms in total. The number of anilines is 1. The number of benzene rings is 1. The number of nitrogen functional groups attached to an aromatic ring is 1. The third-order valence-corrected chi connectivity index (χ3v) is 3.68. The van der Waals surface area contributed by atoms with Gasteiger partial charge in [0.25, 0.3) is 0 Å². The first-order chi connectivity index (χ1) is 10.2. The van der Waals surface area contributed by atoms with Crippen LogP contribution in [0.25, 0.3) is 16.9 Å². The molecule has 0 amide bonds. The van der Waals surface area contributed by atoms with Crippen molar-refractivity contribution in [3.8, 4) is 17.2 Å². The summed E-state index contributed by atoms with van der Waals surface area (Å²) in [6, 6.07) is 5.71. The van der Waals surface area contributed by atoms with Gasteiger partial charge < -0.3 is 15.2 Å². The molecule has 2 aromatic heterocycles. The Labute approximate surface area is 120 Å². The van der Waals surface area contributed by atoms with E-state index in [-0.39, 0.29) is 6.79 Å². The molecule has 1 aliphatic rings. The van der Waals surface area contributed by atoms with Crippen LogP contribution in [0.15, 0.2) is 18.2 Å². The van der Waals surface area contributed by atoms with E-state index < -0.39 is 0 Å². The number of imidazole rings is 1. The number of nitrogens with zero attached hydrogens (tertiary/aromatic N) is 4. The molecule has 3 heterocycles. The van der Waals surface area contributed by atoms with Gasteiger partial charge in [0.2, 0.25) is 12.7 Å². The van der Waals surface area contributed by atoms with Crippen molar-refractivity contribution in [3.05, 3.63) is 23.9 Å². The summed E-state index contributed by atoms with van der Waals surface area (Å²) in [6.45, 7) is 2.30. The molecule has 0 unspecified atom stereocenters. The van der Waals surface area contributed by atoms with Crippen molar-refractivity contribution in [3.63, 3.8) is 0 Å². The van der Waals surface area contributed by atoms with E-state index in [4.69, 9.17) is 15.2 Å². The van der Waals surface area contributed by atoms with E-state index >= 15 is 0 Å². The van der Waals surface area contributed by atoms with Crippen LogP contribution in [-0.2, 0) is 13.5 Å². The van der Waals surface area contributed by atoms with Crippen LogP contribution < -0.4 is 15.2 Å². The van der Waals surface area contributed by atoms with Gasteiger partial charge in [0, 0.05) is 13.1 Å². The molecule has 3 aromatic rings. The van der Waals surface area contributed by atoms with Crippen molar-refractivity contribution in [1.29, 1.82) is 0 Å². The van der Waals surface area contributed by atoms with Crippen LogP contribution in [0.1, 0.15) is 12.6 Å². The Kier molecular flexibility index (Phi) is 2.38. The summed E-state index contributed by atoms with van der Waals surface area (Å²) in [4.78, 5) is 4.46. The molecule has 2 N–H and O–H groups in total. The molecule has 7 heteroatoms. The summed E-state index contributed by atoms with van der Waals surface area (Å²) in [5.74, 6) is 1.89. The van der Waals surface area contributed by atoms with Gasteiger partial charge in [0.15, 0.2) is 17.1 Å². The smallest absolute Gasteiger partial charge is 0.231 e. The molecule has 0 spiro atoms. The fourth-order valence-electron chi connectivity index (χ4n) is 2.71. The summed E-state index contributed by atoms with van der Waals surface area (Å²) < 4.78 is 14.5. The lowest BCUT2D eigenvalue weighted by atomic mass is 10.2. The minimum absolute atomic E-state index is 0.249. The Hall–Kier alpha value is -2.70. The van der Waals surface area contributed by atoms with E-state index in [0.717, 1.165) is 34.7 Å². The lowest BCUT2D eigenvalue weighted by Crippen LogP contribution is -2.05. The second-order valence-corrected chi connectivity index (χ2v) is 4.94. The highest BCUT2D eigenvalue weighted by Gasteiger charge is 2.20. The Morgan fingerprint density at radius 3 is 2.90 bits per heavy atom. The zero-order valence-electron chi connectivity index (χ0n) is 11.8. The molecule has 1 aliphatic heterocycles. The summed E-state index contributed by atoms with van der Waals surface area (Å²) in [5, 5.41) is 4.49. The predicted octanol–water partition coefficient (Wildman–Crippen LogP) is 1.63. The van der Waals surface area contributed by atoms with Crippen molar-refractivity contribution in [2.45, 2.75) is 13.3 Å². The number of aryl methyl sites for hydroxylation is 2. The van der Waals surface area contributed by atoms with Crippen molar-refractivity contribution >= 4 is 17.1 Å². The zero-order valence-corrected chi connectivity index (χ0v) is 11.8. The average molecular weight is 285 g/mol. The Bertz CT molecular complexity index is 849. The summed E-state index contributed by atoms with van der Waals surface area (Å²) in [5.41, 5.74) is 9.65. The minimum atomic E-state index is 0.249. The lowest BCUT2D eigenvalue weighted by molar-refractivity contribution is 0.174. The molecule has 0 aliphatic carbocycles. The van der Waals surface area contributed by atoms with Crippen molar-refractivity contribution in [1.82, 2.24) is 19.3 Å². The monoisotopic (exact) mass is 285 g/mol. The van der Waals surface area contributed by atoms with Crippen LogP contribution >= 0.6 is 0 Å². The van der Waals surface area contributed by atoms with Gasteiger partial charge in [0.1, 0.15) is 5.52 Å². The largest absolute Gasteiger partial charge is 0.454 e. The first kappa shape index (κ1) is 12.1. The molecule has 21 heavy (non-hydrogen) atoms. The summed E-state index contributed by atoms with van der Waals surface area (Å²) in [7, 11) is 1.89. The topological polar surface area (TPSA) is 80.1 Å². The van der Waals surface area contributed by atoms with E-state index in [1.165, 1.54) is 0 Å². The van der Waals surface area contributed by atoms with Crippen LogP contribution in [0.5, 0.6) is 11.5 Å². The molecule has 0 saturated heterocycles. The highest BCUT2D eigenvalue weighted by atomic mass is 16.7. The fourth-order valence-corrected chi connectivity index (χ4v) is 2.71. The SMILES string of the molecule is CCc1nn(C)c2c1nc(N)n2-c1ccc2c(c1)OCO2. The van der Waals surface area contributed by atoms with Crippen LogP contribution in [0.4, 0.5) is 5.95 Å². The molecule has 0 atom stereocenters. The normalized spacial score (nSPS) is 13.2. The lowest BCUT2D eigenvalue weighted by Gasteiger charge is -2.07. The second kappa shape index (κ2) is 4.15. The van der Waals surface area contributed by atoms with Gasteiger partial charge in [-0.05, 0) is 18.6 Å². The van der Waals surface area contributed by atoms with E-state index in [9.17, 15) is 0 Å². The van der Waals surface area contributed by atoms with Gasteiger partial charge in [-0.15, -0.1) is 0 Å². The van der Waals surface area contributed by atoms with Crippen molar-refractivity contribution in [2.75, 3.05) is 12.5 Å². The third-order valence-electron chi connectivity index (χ3n) is 3.68. The Morgan fingerprint density at radius 2 is 2.10 bits per heavy atom. The molecular weight excluding hydrogens is 270 g/mol. The molecule has 0 bridgehead atoms. The number of ether oxygens (including phenoxy) is 2. The Balaban J connectivity index is 1.98. The number of rotatable bonds is 2. The molecule has 4 rings (SSSR count). The maximum atomic E-state index is 6.11. The van der Waals surface area contributed by atoms with Crippen molar-refractivity contribution in [2.24, 2.45) is 7.05 Å². The maximum Gasteiger partial charge on any atom is 0.231 e. The first-order valence-corrected chi connectivity index (χ1v) is 6.79. The zero-order chi connectivity index (χ0) is 14.6. The van der Waals surface area contributed by atoms with Crippen LogP contribution in [-0.4, -0.2) is 26.1 Å². The standard InChI is InChI=1S/C14H15N5O2/c1-3-9-12-13(18(2)17-9)19(14(15)16-12)8-4-5-10-11(6-8)21-7-20-10/h4-6H,3,7H2,1-2H3,(H2,15,16). The third kappa shape index (κ3) is 1.60. The predicted molar refractivity (Wildman–Crippen MR) is 77.7 cm³/mol. The maximum absolute atomic E-state index is 6.11. The minimum Gasteiger partial charge on any atom is -0.454 e. The molecule has 1 aromatic carbocycles. The van der Waals surface area contributed by atoms with Gasteiger partial charge >= 0.3 is 0 Å². The van der Waals surface area contributed by atoms with Gasteiger partial charge in [-0.3, -0.25) is 4.57 Å². The molecular formula is C14H15N5O2. The van der Waals surface area contributed by atoms with Gasteiger partial charge in [-0.25, -0.2) is 9.67 Å². The molecule has 0 saturated carbocycles. The van der Waals surface area contributed by atoms with E-state index in [2.05, 4.69) is 17.0 Å². The second-order valence-electron chi connectivity index (χ2n) is 4.94. The number of hydrogen-bond acceptors (Lipinski definition) is 5. The highest BCUT2D eigenvalue weighted by Crippen LogP contribution is 2.35. The van der Waals surface area contributed by atoms with Gasteiger partial charge in [-0.1, -0.05) is 6.92 Å². The van der Waals surface area contributed by atoms with Crippen LogP contribution in [0, 0.1) is 0 Å². The first-order valence-electron chi connectivity index (χ1n) is 6.79. The number of hydrogen-bond donors (Lipinski definition) is 1. The van der Waals surface area contributed by atoms with E-state index in [1.807, 2.05) is 34.5 Å². The molecule has 108 valence electrons. The van der Waals surface area contributed by atoms with Crippen LogP contribution in [0.3, 0.4) is 0 Å². The van der Waals surface area contributed by atoms with E-state index in [0.29, 0.717) is 11.7 Å². The summed E-state index contributed by atoms with van der Waals surface area (Å²) >= 11 is 0.